The number of carbonyl (C=O) groups excluding carboxylic acids is 1. The van der Waals surface area contributed by atoms with Crippen LogP contribution in [0.25, 0.3) is 0 Å². The van der Waals surface area contributed by atoms with E-state index in [0.717, 1.165) is 53.6 Å². The summed E-state index contributed by atoms with van der Waals surface area (Å²) in [6.07, 6.45) is 1.11. The van der Waals surface area contributed by atoms with Crippen molar-refractivity contribution in [3.05, 3.63) is 53.6 Å². The van der Waals surface area contributed by atoms with Crippen molar-refractivity contribution < 1.29 is 13.2 Å². The average molecular weight is 431 g/mol. The van der Waals surface area contributed by atoms with E-state index in [0.29, 0.717) is 11.4 Å². The fraction of sp³-hybridized carbons (Fsp3) is 0.409. The minimum atomic E-state index is -3.60. The number of rotatable bonds is 6. The van der Waals surface area contributed by atoms with Crippen LogP contribution in [0.5, 0.6) is 0 Å². The van der Waals surface area contributed by atoms with E-state index in [1.807, 2.05) is 44.2 Å². The maximum absolute atomic E-state index is 12.6. The Hall–Kier alpha value is -2.58. The molecule has 0 atom stereocenters. The highest BCUT2D eigenvalue weighted by atomic mass is 32.2. The molecule has 2 aromatic rings. The van der Waals surface area contributed by atoms with E-state index in [4.69, 9.17) is 0 Å². The van der Waals surface area contributed by atoms with Gasteiger partial charge in [-0.05, 0) is 68.4 Å². The molecule has 2 aromatic carbocycles. The molecular weight excluding hydrogens is 400 g/mol. The second kappa shape index (κ2) is 9.06. The van der Waals surface area contributed by atoms with Gasteiger partial charge in [0, 0.05) is 37.6 Å². The molecule has 1 heterocycles. The summed E-state index contributed by atoms with van der Waals surface area (Å²) in [6, 6.07) is 13.2. The van der Waals surface area contributed by atoms with Gasteiger partial charge in [-0.1, -0.05) is 6.07 Å². The molecule has 1 aliphatic heterocycles. The Kier molecular flexibility index (Phi) is 6.67. The zero-order chi connectivity index (χ0) is 21.9. The molecular formula is C22H30N4O3S. The lowest BCUT2D eigenvalue weighted by Gasteiger charge is -2.34. The summed E-state index contributed by atoms with van der Waals surface area (Å²) in [5.41, 5.74) is 4.15. The number of nitrogens with zero attached hydrogens (tertiary/aromatic N) is 3. The number of benzene rings is 2. The fourth-order valence-corrected chi connectivity index (χ4v) is 4.49. The standard InChI is InChI=1S/C22H30N4O3S/c1-17-13-18(2)15-21(14-17)26(30(4,28)29)16-22(27)23-19-5-7-20(8-6-19)25-11-9-24(3)10-12-25/h5-8,13-15H,9-12,16H2,1-4H3,(H,23,27). The molecule has 0 saturated carbocycles. The summed E-state index contributed by atoms with van der Waals surface area (Å²) < 4.78 is 25.8. The third-order valence-corrected chi connectivity index (χ3v) is 6.34. The van der Waals surface area contributed by atoms with Crippen molar-refractivity contribution in [3.8, 4) is 0 Å². The van der Waals surface area contributed by atoms with Crippen LogP contribution in [-0.4, -0.2) is 65.3 Å². The van der Waals surface area contributed by atoms with E-state index in [1.165, 1.54) is 0 Å². The fourth-order valence-electron chi connectivity index (χ4n) is 3.65. The zero-order valence-electron chi connectivity index (χ0n) is 18.1. The first kappa shape index (κ1) is 22.1. The highest BCUT2D eigenvalue weighted by Gasteiger charge is 2.21. The summed E-state index contributed by atoms with van der Waals surface area (Å²) in [7, 11) is -1.48. The molecule has 0 unspecified atom stereocenters. The molecule has 0 aliphatic carbocycles. The van der Waals surface area contributed by atoms with Gasteiger partial charge in [0.05, 0.1) is 11.9 Å². The molecule has 0 radical (unpaired) electrons. The Bertz CT molecular complexity index is 977. The number of piperazine rings is 1. The van der Waals surface area contributed by atoms with Crippen LogP contribution in [0.15, 0.2) is 42.5 Å². The molecule has 1 amide bonds. The van der Waals surface area contributed by atoms with Crippen molar-refractivity contribution in [2.75, 3.05) is 60.5 Å². The van der Waals surface area contributed by atoms with Crippen LogP contribution in [-0.2, 0) is 14.8 Å². The zero-order valence-corrected chi connectivity index (χ0v) is 18.9. The topological polar surface area (TPSA) is 73.0 Å². The van der Waals surface area contributed by atoms with E-state index in [-0.39, 0.29) is 12.5 Å². The van der Waals surface area contributed by atoms with Crippen molar-refractivity contribution in [2.45, 2.75) is 13.8 Å². The largest absolute Gasteiger partial charge is 0.369 e. The highest BCUT2D eigenvalue weighted by molar-refractivity contribution is 7.92. The SMILES string of the molecule is Cc1cc(C)cc(N(CC(=O)Nc2ccc(N3CCN(C)CC3)cc2)S(C)(=O)=O)c1. The lowest BCUT2D eigenvalue weighted by molar-refractivity contribution is -0.114. The Morgan fingerprint density at radius 1 is 1.00 bits per heavy atom. The summed E-state index contributed by atoms with van der Waals surface area (Å²) in [6.45, 7) is 7.53. The molecule has 1 saturated heterocycles. The molecule has 3 rings (SSSR count). The van der Waals surface area contributed by atoms with Crippen LogP contribution in [0.3, 0.4) is 0 Å². The second-order valence-corrected chi connectivity index (χ2v) is 9.91. The van der Waals surface area contributed by atoms with Gasteiger partial charge in [0.2, 0.25) is 15.9 Å². The summed E-state index contributed by atoms with van der Waals surface area (Å²) in [5, 5.41) is 2.81. The van der Waals surface area contributed by atoms with Gasteiger partial charge < -0.3 is 15.1 Å². The van der Waals surface area contributed by atoms with Crippen molar-refractivity contribution in [3.63, 3.8) is 0 Å². The van der Waals surface area contributed by atoms with Gasteiger partial charge in [-0.3, -0.25) is 9.10 Å². The first-order valence-corrected chi connectivity index (χ1v) is 11.9. The van der Waals surface area contributed by atoms with Crippen molar-refractivity contribution >= 4 is 33.0 Å². The number of nitrogens with one attached hydrogen (secondary N) is 1. The molecule has 0 aromatic heterocycles. The van der Waals surface area contributed by atoms with E-state index in [9.17, 15) is 13.2 Å². The molecule has 1 aliphatic rings. The van der Waals surface area contributed by atoms with E-state index >= 15 is 0 Å². The molecule has 162 valence electrons. The second-order valence-electron chi connectivity index (χ2n) is 8.00. The van der Waals surface area contributed by atoms with Crippen molar-refractivity contribution in [1.82, 2.24) is 4.90 Å². The number of amides is 1. The van der Waals surface area contributed by atoms with E-state index < -0.39 is 10.0 Å². The molecule has 1 fully saturated rings. The predicted octanol–water partition coefficient (Wildman–Crippen LogP) is 2.46. The lowest BCUT2D eigenvalue weighted by atomic mass is 10.1. The Balaban J connectivity index is 1.68. The van der Waals surface area contributed by atoms with Gasteiger partial charge in [0.15, 0.2) is 0 Å². The number of hydrogen-bond donors (Lipinski definition) is 1. The van der Waals surface area contributed by atoms with Gasteiger partial charge in [-0.15, -0.1) is 0 Å². The number of carbonyl (C=O) groups is 1. The summed E-state index contributed by atoms with van der Waals surface area (Å²) >= 11 is 0. The number of likely N-dealkylation sites (N-methyl/N-ethyl adjacent to an activating group) is 1. The first-order valence-electron chi connectivity index (χ1n) is 10.0. The van der Waals surface area contributed by atoms with Crippen LogP contribution in [0.4, 0.5) is 17.1 Å². The summed E-state index contributed by atoms with van der Waals surface area (Å²) in [5.74, 6) is -0.382. The highest BCUT2D eigenvalue weighted by Crippen LogP contribution is 2.22. The first-order chi connectivity index (χ1) is 14.1. The number of sulfonamides is 1. The number of anilines is 3. The van der Waals surface area contributed by atoms with Crippen molar-refractivity contribution in [1.29, 1.82) is 0 Å². The van der Waals surface area contributed by atoms with Crippen LogP contribution >= 0.6 is 0 Å². The maximum Gasteiger partial charge on any atom is 0.245 e. The monoisotopic (exact) mass is 430 g/mol. The third kappa shape index (κ3) is 5.73. The minimum Gasteiger partial charge on any atom is -0.369 e. The van der Waals surface area contributed by atoms with Gasteiger partial charge in [-0.25, -0.2) is 8.42 Å². The van der Waals surface area contributed by atoms with Crippen LogP contribution in [0.1, 0.15) is 11.1 Å². The van der Waals surface area contributed by atoms with Crippen LogP contribution < -0.4 is 14.5 Å². The lowest BCUT2D eigenvalue weighted by Crippen LogP contribution is -2.44. The molecule has 1 N–H and O–H groups in total. The van der Waals surface area contributed by atoms with E-state index in [2.05, 4.69) is 22.2 Å². The molecule has 0 spiro atoms. The Morgan fingerprint density at radius 3 is 2.10 bits per heavy atom. The Labute approximate surface area is 179 Å². The van der Waals surface area contributed by atoms with Gasteiger partial charge in [0.25, 0.3) is 0 Å². The van der Waals surface area contributed by atoms with Gasteiger partial charge >= 0.3 is 0 Å². The molecule has 7 nitrogen and oxygen atoms in total. The predicted molar refractivity (Wildman–Crippen MR) is 123 cm³/mol. The molecule has 8 heteroatoms. The normalized spacial score (nSPS) is 15.1. The quantitative estimate of drug-likeness (QED) is 0.762. The third-order valence-electron chi connectivity index (χ3n) is 5.20. The molecule has 0 bridgehead atoms. The average Bonchev–Trinajstić information content (AvgIpc) is 2.66. The maximum atomic E-state index is 12.6. The summed E-state index contributed by atoms with van der Waals surface area (Å²) in [4.78, 5) is 17.2. The Morgan fingerprint density at radius 2 is 1.57 bits per heavy atom. The number of hydrogen-bond acceptors (Lipinski definition) is 5. The van der Waals surface area contributed by atoms with Crippen LogP contribution in [0.2, 0.25) is 0 Å². The number of aryl methyl sites for hydroxylation is 2. The molecule has 30 heavy (non-hydrogen) atoms. The van der Waals surface area contributed by atoms with Gasteiger partial charge in [0.1, 0.15) is 6.54 Å². The van der Waals surface area contributed by atoms with Crippen molar-refractivity contribution in [2.24, 2.45) is 0 Å². The van der Waals surface area contributed by atoms with Gasteiger partial charge in [-0.2, -0.15) is 0 Å². The minimum absolute atomic E-state index is 0.276. The smallest absolute Gasteiger partial charge is 0.245 e. The van der Waals surface area contributed by atoms with Crippen LogP contribution in [0, 0.1) is 13.8 Å². The van der Waals surface area contributed by atoms with E-state index in [1.54, 1.807) is 12.1 Å².